The Hall–Kier alpha value is -3.55. The first-order chi connectivity index (χ1) is 18.5. The van der Waals surface area contributed by atoms with Crippen LogP contribution in [-0.4, -0.2) is 51.2 Å². The SMILES string of the molecule is N#CC(CCc1ccc(-c2csc(C(=O)N3CCn4nccc4C3)c2)cc1F)NC(=O)C1NC2CCC1C2. The largest absolute Gasteiger partial charge is 0.339 e. The van der Waals surface area contributed by atoms with Gasteiger partial charge < -0.3 is 15.5 Å². The van der Waals surface area contributed by atoms with E-state index in [1.807, 2.05) is 33.2 Å². The highest BCUT2D eigenvalue weighted by atomic mass is 32.1. The zero-order chi connectivity index (χ0) is 26.2. The van der Waals surface area contributed by atoms with Crippen molar-refractivity contribution in [2.24, 2.45) is 5.92 Å². The molecule has 1 aromatic carbocycles. The van der Waals surface area contributed by atoms with Gasteiger partial charge in [-0.25, -0.2) is 4.39 Å². The van der Waals surface area contributed by atoms with Gasteiger partial charge in [-0.2, -0.15) is 10.4 Å². The summed E-state index contributed by atoms with van der Waals surface area (Å²) in [7, 11) is 0. The number of aryl methyl sites for hydroxylation is 1. The van der Waals surface area contributed by atoms with Crippen molar-refractivity contribution in [3.8, 4) is 17.2 Å². The summed E-state index contributed by atoms with van der Waals surface area (Å²) < 4.78 is 16.9. The molecule has 3 aromatic rings. The number of nitriles is 1. The number of piperidine rings is 1. The molecule has 10 heteroatoms. The lowest BCUT2D eigenvalue weighted by Gasteiger charge is -2.27. The van der Waals surface area contributed by atoms with Crippen LogP contribution < -0.4 is 10.6 Å². The Morgan fingerprint density at radius 3 is 2.89 bits per heavy atom. The monoisotopic (exact) mass is 532 g/mol. The number of rotatable bonds is 7. The number of fused-ring (bicyclic) bond motifs is 3. The summed E-state index contributed by atoms with van der Waals surface area (Å²) in [6.45, 7) is 1.80. The first-order valence-corrected chi connectivity index (χ1v) is 14.0. The number of hydrogen-bond acceptors (Lipinski definition) is 6. The van der Waals surface area contributed by atoms with Crippen molar-refractivity contribution < 1.29 is 14.0 Å². The van der Waals surface area contributed by atoms with Gasteiger partial charge in [-0.1, -0.05) is 12.1 Å². The molecule has 3 aliphatic rings. The van der Waals surface area contributed by atoms with Crippen molar-refractivity contribution in [1.82, 2.24) is 25.3 Å². The predicted molar refractivity (Wildman–Crippen MR) is 141 cm³/mol. The second-order valence-corrected chi connectivity index (χ2v) is 11.3. The van der Waals surface area contributed by atoms with E-state index in [0.29, 0.717) is 60.4 Å². The van der Waals surface area contributed by atoms with Crippen LogP contribution in [-0.2, 0) is 24.3 Å². The molecule has 6 rings (SSSR count). The van der Waals surface area contributed by atoms with E-state index < -0.39 is 6.04 Å². The van der Waals surface area contributed by atoms with E-state index in [2.05, 4.69) is 21.8 Å². The summed E-state index contributed by atoms with van der Waals surface area (Å²) in [6.07, 6.45) is 5.61. The van der Waals surface area contributed by atoms with Crippen molar-refractivity contribution >= 4 is 23.2 Å². The third-order valence-electron chi connectivity index (χ3n) is 8.04. The Bertz CT molecular complexity index is 1410. The molecule has 0 spiro atoms. The molecule has 4 atom stereocenters. The molecule has 2 amide bonds. The van der Waals surface area contributed by atoms with Gasteiger partial charge in [0.1, 0.15) is 11.9 Å². The average molecular weight is 533 g/mol. The number of nitrogens with zero attached hydrogens (tertiary/aromatic N) is 4. The highest BCUT2D eigenvalue weighted by molar-refractivity contribution is 7.12. The molecule has 2 aromatic heterocycles. The Morgan fingerprint density at radius 1 is 1.24 bits per heavy atom. The van der Waals surface area contributed by atoms with Crippen molar-refractivity contribution in [3.63, 3.8) is 0 Å². The molecule has 2 aliphatic heterocycles. The number of halogens is 1. The number of carbonyl (C=O) groups excluding carboxylic acids is 2. The van der Waals surface area contributed by atoms with Crippen LogP contribution in [0.5, 0.6) is 0 Å². The van der Waals surface area contributed by atoms with Crippen molar-refractivity contribution in [2.45, 2.75) is 63.3 Å². The van der Waals surface area contributed by atoms with Gasteiger partial charge in [0.25, 0.3) is 5.91 Å². The van der Waals surface area contributed by atoms with Crippen LogP contribution >= 0.6 is 11.3 Å². The topological polar surface area (TPSA) is 103 Å². The molecule has 0 radical (unpaired) electrons. The quantitative estimate of drug-likeness (QED) is 0.485. The van der Waals surface area contributed by atoms with Gasteiger partial charge in [-0.3, -0.25) is 14.3 Å². The van der Waals surface area contributed by atoms with Gasteiger partial charge in [0.15, 0.2) is 0 Å². The lowest BCUT2D eigenvalue weighted by molar-refractivity contribution is -0.124. The number of benzene rings is 1. The van der Waals surface area contributed by atoms with Gasteiger partial charge in [0.2, 0.25) is 5.91 Å². The van der Waals surface area contributed by atoms with Gasteiger partial charge in [0.05, 0.1) is 35.8 Å². The number of carbonyl (C=O) groups is 2. The van der Waals surface area contributed by atoms with E-state index in [1.54, 1.807) is 12.3 Å². The molecule has 2 bridgehead atoms. The third-order valence-corrected chi connectivity index (χ3v) is 8.96. The molecule has 1 saturated heterocycles. The van der Waals surface area contributed by atoms with Crippen molar-refractivity contribution in [1.29, 1.82) is 5.26 Å². The molecule has 196 valence electrons. The van der Waals surface area contributed by atoms with Gasteiger partial charge in [-0.05, 0) is 78.3 Å². The van der Waals surface area contributed by atoms with E-state index in [9.17, 15) is 14.9 Å². The highest BCUT2D eigenvalue weighted by Crippen LogP contribution is 2.35. The summed E-state index contributed by atoms with van der Waals surface area (Å²) in [5.41, 5.74) is 3.01. The number of hydrogen-bond donors (Lipinski definition) is 2. The minimum absolute atomic E-state index is 0.0315. The Kier molecular flexibility index (Phi) is 6.72. The summed E-state index contributed by atoms with van der Waals surface area (Å²) in [5, 5.41) is 21.9. The maximum absolute atomic E-state index is 15.0. The molecule has 4 heterocycles. The van der Waals surface area contributed by atoms with E-state index in [1.165, 1.54) is 17.4 Å². The predicted octanol–water partition coefficient (Wildman–Crippen LogP) is 3.49. The van der Waals surface area contributed by atoms with Crippen LogP contribution in [0, 0.1) is 23.1 Å². The van der Waals surface area contributed by atoms with Crippen LogP contribution in [0.4, 0.5) is 4.39 Å². The summed E-state index contributed by atoms with van der Waals surface area (Å²) in [5.74, 6) is -0.168. The smallest absolute Gasteiger partial charge is 0.264 e. The van der Waals surface area contributed by atoms with E-state index in [0.717, 1.165) is 30.5 Å². The van der Waals surface area contributed by atoms with Crippen LogP contribution in [0.25, 0.3) is 11.1 Å². The Morgan fingerprint density at radius 2 is 2.13 bits per heavy atom. The average Bonchev–Trinajstić information content (AvgIpc) is 3.75. The molecule has 1 saturated carbocycles. The zero-order valence-corrected chi connectivity index (χ0v) is 21.7. The lowest BCUT2D eigenvalue weighted by atomic mass is 9.98. The molecule has 4 unspecified atom stereocenters. The Balaban J connectivity index is 1.06. The van der Waals surface area contributed by atoms with E-state index in [-0.39, 0.29) is 23.7 Å². The van der Waals surface area contributed by atoms with Crippen molar-refractivity contribution in [3.05, 3.63) is 63.9 Å². The molecular formula is C28H29FN6O2S. The first-order valence-electron chi connectivity index (χ1n) is 13.1. The number of amides is 2. The standard InChI is InChI=1S/C28H29FN6O2S/c29-24-12-18(20-13-25(38-16-20)28(37)34-9-10-35-23(15-34)7-8-31-35)2-1-17(24)3-6-22(14-30)33-27(36)26-19-4-5-21(11-19)32-26/h1-2,7-8,12-13,16,19,21-22,26,32H,3-6,9-11,15H2,(H,33,36). The molecule has 8 nitrogen and oxygen atoms in total. The van der Waals surface area contributed by atoms with Gasteiger partial charge in [0, 0.05) is 18.8 Å². The summed E-state index contributed by atoms with van der Waals surface area (Å²) in [6, 6.07) is 10.5. The summed E-state index contributed by atoms with van der Waals surface area (Å²) >= 11 is 1.36. The second kappa shape index (κ2) is 10.3. The first kappa shape index (κ1) is 24.8. The maximum atomic E-state index is 15.0. The molecule has 2 N–H and O–H groups in total. The second-order valence-electron chi connectivity index (χ2n) is 10.4. The van der Waals surface area contributed by atoms with E-state index >= 15 is 4.39 Å². The fourth-order valence-electron chi connectivity index (χ4n) is 5.92. The number of aromatic nitrogens is 2. The fraction of sp³-hybridized carbons (Fsp3) is 0.429. The van der Waals surface area contributed by atoms with Crippen LogP contribution in [0.15, 0.2) is 41.9 Å². The minimum atomic E-state index is -0.665. The zero-order valence-electron chi connectivity index (χ0n) is 20.9. The minimum Gasteiger partial charge on any atom is -0.339 e. The van der Waals surface area contributed by atoms with Crippen LogP contribution in [0.1, 0.15) is 46.6 Å². The molecule has 38 heavy (non-hydrogen) atoms. The summed E-state index contributed by atoms with van der Waals surface area (Å²) in [4.78, 5) is 28.1. The molecule has 2 fully saturated rings. The van der Waals surface area contributed by atoms with E-state index in [4.69, 9.17) is 0 Å². The van der Waals surface area contributed by atoms with Gasteiger partial charge in [-0.15, -0.1) is 11.3 Å². The molecule has 1 aliphatic carbocycles. The normalized spacial score (nSPS) is 22.6. The number of thiophene rings is 1. The third kappa shape index (κ3) is 4.84. The van der Waals surface area contributed by atoms with Crippen molar-refractivity contribution in [2.75, 3.05) is 6.54 Å². The number of nitrogens with one attached hydrogen (secondary N) is 2. The van der Waals surface area contributed by atoms with Crippen LogP contribution in [0.2, 0.25) is 0 Å². The maximum Gasteiger partial charge on any atom is 0.264 e. The highest BCUT2D eigenvalue weighted by Gasteiger charge is 2.43. The lowest BCUT2D eigenvalue weighted by Crippen LogP contribution is -2.50. The fourth-order valence-corrected chi connectivity index (χ4v) is 6.81. The van der Waals surface area contributed by atoms with Crippen LogP contribution in [0.3, 0.4) is 0 Å². The Labute approximate surface area is 224 Å². The molecular weight excluding hydrogens is 503 g/mol. The van der Waals surface area contributed by atoms with Gasteiger partial charge >= 0.3 is 0 Å².